The Morgan fingerprint density at radius 3 is 2.42 bits per heavy atom. The maximum atomic E-state index is 15.2. The van der Waals surface area contributed by atoms with E-state index >= 15 is 4.39 Å². The lowest BCUT2D eigenvalue weighted by Crippen LogP contribution is -2.44. The Morgan fingerprint density at radius 1 is 1.00 bits per heavy atom. The quantitative estimate of drug-likeness (QED) is 0.508. The molecule has 2 heterocycles. The molecule has 5 atom stereocenters. The van der Waals surface area contributed by atoms with Gasteiger partial charge in [-0.2, -0.15) is 0 Å². The van der Waals surface area contributed by atoms with E-state index in [1.54, 1.807) is 24.3 Å². The Balaban J connectivity index is 1.43. The molecule has 2 saturated heterocycles. The molecule has 0 saturated carbocycles. The molecule has 0 bridgehead atoms. The molecule has 2 aliphatic heterocycles. The van der Waals surface area contributed by atoms with Crippen LogP contribution >= 0.6 is 0 Å². The van der Waals surface area contributed by atoms with Gasteiger partial charge in [0, 0.05) is 50.1 Å². The second kappa shape index (κ2) is 10.9. The van der Waals surface area contributed by atoms with E-state index in [1.165, 1.54) is 12.1 Å². The zero-order valence-corrected chi connectivity index (χ0v) is 21.4. The van der Waals surface area contributed by atoms with Crippen LogP contribution in [-0.2, 0) is 4.79 Å². The molecule has 2 aromatic rings. The highest BCUT2D eigenvalue weighted by Crippen LogP contribution is 2.38. The van der Waals surface area contributed by atoms with E-state index in [0.29, 0.717) is 55.5 Å². The lowest BCUT2D eigenvalue weighted by Gasteiger charge is -2.38. The van der Waals surface area contributed by atoms with Crippen LogP contribution in [0, 0.1) is 29.4 Å². The largest absolute Gasteiger partial charge is 0.494 e. The molecule has 8 heteroatoms. The topological polar surface area (TPSA) is 62.2 Å². The molecule has 2 aliphatic rings. The zero-order chi connectivity index (χ0) is 26.0. The molecule has 4 rings (SSSR count). The molecule has 0 spiro atoms. The molecular formula is C28H36F2N2O4. The van der Waals surface area contributed by atoms with Crippen molar-refractivity contribution < 1.29 is 28.2 Å². The first-order chi connectivity index (χ1) is 17.2. The average Bonchev–Trinajstić information content (AvgIpc) is 3.09. The van der Waals surface area contributed by atoms with E-state index < -0.39 is 11.8 Å². The van der Waals surface area contributed by atoms with Crippen LogP contribution in [0.3, 0.4) is 0 Å². The summed E-state index contributed by atoms with van der Waals surface area (Å²) >= 11 is 0. The van der Waals surface area contributed by atoms with Gasteiger partial charge in [-0.3, -0.25) is 4.79 Å². The summed E-state index contributed by atoms with van der Waals surface area (Å²) in [6.45, 7) is 10.4. The first-order valence-corrected chi connectivity index (χ1v) is 12.8. The minimum atomic E-state index is -0.879. The average molecular weight is 503 g/mol. The van der Waals surface area contributed by atoms with Gasteiger partial charge in [0.15, 0.2) is 0 Å². The van der Waals surface area contributed by atoms with Crippen LogP contribution in [0.1, 0.15) is 40.5 Å². The Hall–Kier alpha value is -3.03. The van der Waals surface area contributed by atoms with Crippen molar-refractivity contribution in [1.82, 2.24) is 0 Å². The number of ether oxygens (including phenoxy) is 2. The van der Waals surface area contributed by atoms with Crippen molar-refractivity contribution in [3.05, 3.63) is 48.0 Å². The summed E-state index contributed by atoms with van der Waals surface area (Å²) in [4.78, 5) is 15.3. The number of nitrogens with zero attached hydrogens (tertiary/aromatic N) is 2. The van der Waals surface area contributed by atoms with Crippen LogP contribution in [0.4, 0.5) is 20.2 Å². The van der Waals surface area contributed by atoms with E-state index in [0.717, 1.165) is 0 Å². The van der Waals surface area contributed by atoms with Crippen molar-refractivity contribution in [2.75, 3.05) is 36.0 Å². The Kier molecular flexibility index (Phi) is 7.91. The lowest BCUT2D eigenvalue weighted by atomic mass is 9.92. The maximum absolute atomic E-state index is 15.2. The van der Waals surface area contributed by atoms with Crippen LogP contribution in [0.5, 0.6) is 11.5 Å². The number of hydrogen-bond donors (Lipinski definition) is 1. The molecule has 6 nitrogen and oxygen atoms in total. The fourth-order valence-corrected chi connectivity index (χ4v) is 5.50. The summed E-state index contributed by atoms with van der Waals surface area (Å²) in [6, 6.07) is 9.40. The zero-order valence-electron chi connectivity index (χ0n) is 21.4. The third-order valence-electron chi connectivity index (χ3n) is 7.69. The van der Waals surface area contributed by atoms with Crippen molar-refractivity contribution in [3.8, 4) is 11.5 Å². The van der Waals surface area contributed by atoms with Crippen LogP contribution in [0.15, 0.2) is 36.4 Å². The molecule has 0 amide bonds. The van der Waals surface area contributed by atoms with Gasteiger partial charge >= 0.3 is 5.97 Å². The predicted octanol–water partition coefficient (Wildman–Crippen LogP) is 5.59. The minimum absolute atomic E-state index is 0.0205. The Morgan fingerprint density at radius 2 is 1.75 bits per heavy atom. The number of rotatable bonds is 8. The molecule has 1 N–H and O–H groups in total. The number of halogens is 2. The Labute approximate surface area is 211 Å². The molecule has 36 heavy (non-hydrogen) atoms. The standard InChI is InChI=1S/C28H36F2N2O4/c1-5-35-20-6-8-22(29)26(13-20)31-11-10-27(18(3)15-31)36-21-7-9-24(23(30)12-21)32-16-17(2)19(4)25(32)14-28(33)34/h6-9,12-13,17-19,25,27H,5,10-11,14-16H2,1-4H3,(H,33,34)/t17-,18?,19+,25-,27?/m0/s1. The van der Waals surface area contributed by atoms with Crippen LogP contribution in [0.25, 0.3) is 0 Å². The van der Waals surface area contributed by atoms with Crippen LogP contribution in [-0.4, -0.2) is 49.5 Å². The summed E-state index contributed by atoms with van der Waals surface area (Å²) in [5, 5.41) is 9.34. The van der Waals surface area contributed by atoms with Gasteiger partial charge in [-0.05, 0) is 43.0 Å². The summed E-state index contributed by atoms with van der Waals surface area (Å²) < 4.78 is 41.4. The van der Waals surface area contributed by atoms with Gasteiger partial charge in [-0.25, -0.2) is 8.78 Å². The highest BCUT2D eigenvalue weighted by Gasteiger charge is 2.39. The third kappa shape index (κ3) is 5.52. The second-order valence-electron chi connectivity index (χ2n) is 10.2. The van der Waals surface area contributed by atoms with E-state index in [-0.39, 0.29) is 42.1 Å². The van der Waals surface area contributed by atoms with Crippen molar-refractivity contribution in [3.63, 3.8) is 0 Å². The normalized spacial score (nSPS) is 26.2. The fraction of sp³-hybridized carbons (Fsp3) is 0.536. The molecule has 2 aromatic carbocycles. The molecule has 196 valence electrons. The van der Waals surface area contributed by atoms with Gasteiger partial charge < -0.3 is 24.4 Å². The summed E-state index contributed by atoms with van der Waals surface area (Å²) in [6.07, 6.45) is 0.522. The maximum Gasteiger partial charge on any atom is 0.305 e. The monoisotopic (exact) mass is 502 g/mol. The predicted molar refractivity (Wildman–Crippen MR) is 136 cm³/mol. The number of anilines is 2. The molecule has 2 fully saturated rings. The molecule has 0 aliphatic carbocycles. The SMILES string of the molecule is CCOc1ccc(F)c(N2CCC(Oc3ccc(N4C[C@H](C)[C@@H](C)[C@@H]4CC(=O)O)c(F)c3)C(C)C2)c1. The molecule has 2 unspecified atom stereocenters. The number of benzene rings is 2. The number of carboxylic acids is 1. The number of hydrogen-bond acceptors (Lipinski definition) is 5. The first-order valence-electron chi connectivity index (χ1n) is 12.8. The highest BCUT2D eigenvalue weighted by atomic mass is 19.1. The van der Waals surface area contributed by atoms with E-state index in [1.807, 2.05) is 23.6 Å². The minimum Gasteiger partial charge on any atom is -0.494 e. The van der Waals surface area contributed by atoms with Gasteiger partial charge in [-0.15, -0.1) is 0 Å². The molecule has 0 aromatic heterocycles. The number of piperidine rings is 1. The van der Waals surface area contributed by atoms with E-state index in [2.05, 4.69) is 13.8 Å². The third-order valence-corrected chi connectivity index (χ3v) is 7.69. The number of aliphatic carboxylic acids is 1. The van der Waals surface area contributed by atoms with Crippen molar-refractivity contribution in [1.29, 1.82) is 0 Å². The van der Waals surface area contributed by atoms with Crippen LogP contribution in [0.2, 0.25) is 0 Å². The van der Waals surface area contributed by atoms with Gasteiger partial charge in [0.2, 0.25) is 0 Å². The molecular weight excluding hydrogens is 466 g/mol. The second-order valence-corrected chi connectivity index (χ2v) is 10.2. The van der Waals surface area contributed by atoms with E-state index in [4.69, 9.17) is 9.47 Å². The first kappa shape index (κ1) is 26.0. The van der Waals surface area contributed by atoms with Crippen molar-refractivity contribution in [2.24, 2.45) is 17.8 Å². The summed E-state index contributed by atoms with van der Waals surface area (Å²) in [5.41, 5.74) is 0.934. The summed E-state index contributed by atoms with van der Waals surface area (Å²) in [7, 11) is 0. The Bertz CT molecular complexity index is 1080. The lowest BCUT2D eigenvalue weighted by molar-refractivity contribution is -0.137. The number of carboxylic acid groups (broad SMARTS) is 1. The van der Waals surface area contributed by atoms with Gasteiger partial charge in [0.25, 0.3) is 0 Å². The smallest absolute Gasteiger partial charge is 0.305 e. The van der Waals surface area contributed by atoms with Gasteiger partial charge in [-0.1, -0.05) is 20.8 Å². The summed E-state index contributed by atoms with van der Waals surface area (Å²) in [5.74, 6) is 0.0341. The fourth-order valence-electron chi connectivity index (χ4n) is 5.50. The van der Waals surface area contributed by atoms with E-state index in [9.17, 15) is 14.3 Å². The van der Waals surface area contributed by atoms with Crippen LogP contribution < -0.4 is 19.3 Å². The number of carbonyl (C=O) groups is 1. The molecule has 0 radical (unpaired) electrons. The highest BCUT2D eigenvalue weighted by molar-refractivity contribution is 5.69. The van der Waals surface area contributed by atoms with Gasteiger partial charge in [0.1, 0.15) is 29.2 Å². The van der Waals surface area contributed by atoms with Crippen molar-refractivity contribution in [2.45, 2.75) is 52.7 Å². The van der Waals surface area contributed by atoms with Crippen molar-refractivity contribution >= 4 is 17.3 Å². The van der Waals surface area contributed by atoms with Gasteiger partial charge in [0.05, 0.1) is 24.4 Å².